The quantitative estimate of drug-likeness (QED) is 0.592. The number of ether oxygens (including phenoxy) is 1. The Bertz CT molecular complexity index is 753. The maximum absolute atomic E-state index is 11.2. The van der Waals surface area contributed by atoms with Crippen LogP contribution >= 0.6 is 0 Å². The maximum atomic E-state index is 11.2. The van der Waals surface area contributed by atoms with Crippen LogP contribution in [0.25, 0.3) is 11.1 Å². The van der Waals surface area contributed by atoms with E-state index in [1.54, 1.807) is 12.1 Å². The number of non-ortho nitro benzene ring substituents is 1. The first-order chi connectivity index (χ1) is 12.1. The zero-order valence-electron chi connectivity index (χ0n) is 14.6. The monoisotopic (exact) mass is 342 g/mol. The fourth-order valence-electron chi connectivity index (χ4n) is 3.23. The fraction of sp³-hybridized carbons (Fsp3) is 0.444. The molecule has 3 rings (SSSR count). The smallest absolute Gasteiger partial charge is 0.270 e. The van der Waals surface area contributed by atoms with Gasteiger partial charge in [0.25, 0.3) is 5.69 Å². The first-order valence-corrected chi connectivity index (χ1v) is 8.48. The van der Waals surface area contributed by atoms with Crippen LogP contribution in [-0.4, -0.2) is 46.0 Å². The minimum atomic E-state index is -0.397. The molecular weight excluding hydrogens is 320 g/mol. The van der Waals surface area contributed by atoms with Gasteiger partial charge in [0.2, 0.25) is 0 Å². The lowest BCUT2D eigenvalue weighted by molar-refractivity contribution is -0.384. The molecule has 132 valence electrons. The summed E-state index contributed by atoms with van der Waals surface area (Å²) in [7, 11) is 0. The number of hydrogen-bond acceptors (Lipinski definition) is 6. The van der Waals surface area contributed by atoms with E-state index < -0.39 is 4.92 Å². The number of aromatic nitrogens is 2. The number of hydrogen-bond donors (Lipinski definition) is 0. The molecule has 1 fully saturated rings. The Labute approximate surface area is 146 Å². The summed E-state index contributed by atoms with van der Waals surface area (Å²) >= 11 is 0. The SMILES string of the molecule is Cc1ncnc(C)c1-c1cc([N+](=O)[O-])ccc1OCCN1CCCC1. The molecule has 7 nitrogen and oxygen atoms in total. The van der Waals surface area contributed by atoms with Gasteiger partial charge in [-0.3, -0.25) is 15.0 Å². The van der Waals surface area contributed by atoms with Crippen molar-refractivity contribution in [1.29, 1.82) is 0 Å². The van der Waals surface area contributed by atoms with Crippen molar-refractivity contribution in [2.75, 3.05) is 26.2 Å². The van der Waals surface area contributed by atoms with Crippen molar-refractivity contribution in [3.63, 3.8) is 0 Å². The molecule has 0 bridgehead atoms. The van der Waals surface area contributed by atoms with E-state index in [1.807, 2.05) is 13.8 Å². The van der Waals surface area contributed by atoms with Gasteiger partial charge < -0.3 is 4.74 Å². The lowest BCUT2D eigenvalue weighted by Gasteiger charge is -2.17. The third-order valence-corrected chi connectivity index (χ3v) is 4.53. The molecule has 25 heavy (non-hydrogen) atoms. The molecule has 1 aliphatic heterocycles. The summed E-state index contributed by atoms with van der Waals surface area (Å²) in [5.74, 6) is 0.630. The van der Waals surface area contributed by atoms with Gasteiger partial charge in [0, 0.05) is 41.2 Å². The molecule has 0 aliphatic carbocycles. The zero-order valence-corrected chi connectivity index (χ0v) is 14.6. The minimum absolute atomic E-state index is 0.0320. The molecule has 7 heteroatoms. The molecule has 0 spiro atoms. The summed E-state index contributed by atoms with van der Waals surface area (Å²) in [5, 5.41) is 11.2. The van der Waals surface area contributed by atoms with E-state index in [0.29, 0.717) is 17.9 Å². The lowest BCUT2D eigenvalue weighted by Crippen LogP contribution is -2.25. The standard InChI is InChI=1S/C18H22N4O3/c1-13-18(14(2)20-12-19-13)16-11-15(22(23)24)5-6-17(16)25-10-9-21-7-3-4-8-21/h5-6,11-12H,3-4,7-10H2,1-2H3. The molecule has 1 aromatic heterocycles. The van der Waals surface area contributed by atoms with Gasteiger partial charge in [0.05, 0.1) is 4.92 Å². The summed E-state index contributed by atoms with van der Waals surface area (Å²) < 4.78 is 5.98. The van der Waals surface area contributed by atoms with Gasteiger partial charge in [-0.15, -0.1) is 0 Å². The van der Waals surface area contributed by atoms with Crippen LogP contribution in [0.4, 0.5) is 5.69 Å². The predicted octanol–water partition coefficient (Wildman–Crippen LogP) is 3.14. The van der Waals surface area contributed by atoms with Crippen molar-refractivity contribution in [2.45, 2.75) is 26.7 Å². The van der Waals surface area contributed by atoms with Crippen LogP contribution in [0.15, 0.2) is 24.5 Å². The average Bonchev–Trinajstić information content (AvgIpc) is 3.09. The molecule has 2 aromatic rings. The second-order valence-corrected chi connectivity index (χ2v) is 6.25. The van der Waals surface area contributed by atoms with E-state index in [2.05, 4.69) is 14.9 Å². The summed E-state index contributed by atoms with van der Waals surface area (Å²) in [4.78, 5) is 21.6. The maximum Gasteiger partial charge on any atom is 0.270 e. The van der Waals surface area contributed by atoms with Crippen LogP contribution in [0.5, 0.6) is 5.75 Å². The van der Waals surface area contributed by atoms with Gasteiger partial charge in [-0.25, -0.2) is 9.97 Å². The van der Waals surface area contributed by atoms with Gasteiger partial charge in [-0.05, 0) is 45.8 Å². The Morgan fingerprint density at radius 1 is 1.20 bits per heavy atom. The van der Waals surface area contributed by atoms with Crippen molar-refractivity contribution >= 4 is 5.69 Å². The fourth-order valence-corrected chi connectivity index (χ4v) is 3.23. The normalized spacial score (nSPS) is 14.6. The van der Waals surface area contributed by atoms with Crippen LogP contribution in [-0.2, 0) is 0 Å². The van der Waals surface area contributed by atoms with Crippen molar-refractivity contribution in [3.8, 4) is 16.9 Å². The molecule has 0 N–H and O–H groups in total. The van der Waals surface area contributed by atoms with E-state index >= 15 is 0 Å². The van der Waals surface area contributed by atoms with Gasteiger partial charge in [-0.1, -0.05) is 0 Å². The second kappa shape index (κ2) is 7.57. The molecule has 0 unspecified atom stereocenters. The molecule has 0 saturated carbocycles. The first-order valence-electron chi connectivity index (χ1n) is 8.48. The molecule has 0 amide bonds. The van der Waals surface area contributed by atoms with Gasteiger partial charge in [0.1, 0.15) is 18.7 Å². The third-order valence-electron chi connectivity index (χ3n) is 4.53. The predicted molar refractivity (Wildman–Crippen MR) is 94.8 cm³/mol. The zero-order chi connectivity index (χ0) is 17.8. The number of benzene rings is 1. The van der Waals surface area contributed by atoms with Gasteiger partial charge in [-0.2, -0.15) is 0 Å². The molecule has 1 aliphatic rings. The lowest BCUT2D eigenvalue weighted by atomic mass is 10.0. The summed E-state index contributed by atoms with van der Waals surface area (Å²) in [6, 6.07) is 4.69. The number of nitrogens with zero attached hydrogens (tertiary/aromatic N) is 4. The number of nitro groups is 1. The average molecular weight is 342 g/mol. The Morgan fingerprint density at radius 3 is 2.52 bits per heavy atom. The molecule has 0 atom stereocenters. The Balaban J connectivity index is 1.90. The summed E-state index contributed by atoms with van der Waals surface area (Å²) in [5.41, 5.74) is 3.05. The van der Waals surface area contributed by atoms with E-state index in [1.165, 1.54) is 25.2 Å². The van der Waals surface area contributed by atoms with Gasteiger partial charge in [0.15, 0.2) is 0 Å². The Kier molecular flexibility index (Phi) is 5.23. The number of likely N-dealkylation sites (tertiary alicyclic amines) is 1. The molecular formula is C18H22N4O3. The van der Waals surface area contributed by atoms with Crippen LogP contribution < -0.4 is 4.74 Å². The minimum Gasteiger partial charge on any atom is -0.492 e. The largest absolute Gasteiger partial charge is 0.492 e. The topological polar surface area (TPSA) is 81.4 Å². The van der Waals surface area contributed by atoms with Crippen LogP contribution in [0.3, 0.4) is 0 Å². The second-order valence-electron chi connectivity index (χ2n) is 6.25. The van der Waals surface area contributed by atoms with E-state index in [9.17, 15) is 10.1 Å². The van der Waals surface area contributed by atoms with Crippen molar-refractivity contribution in [2.24, 2.45) is 0 Å². The van der Waals surface area contributed by atoms with E-state index in [0.717, 1.165) is 36.6 Å². The third kappa shape index (κ3) is 3.93. The highest BCUT2D eigenvalue weighted by atomic mass is 16.6. The Hall–Kier alpha value is -2.54. The van der Waals surface area contributed by atoms with E-state index in [4.69, 9.17) is 4.74 Å². The van der Waals surface area contributed by atoms with Gasteiger partial charge >= 0.3 is 0 Å². The molecule has 1 aromatic carbocycles. The van der Waals surface area contributed by atoms with Crippen molar-refractivity contribution in [1.82, 2.24) is 14.9 Å². The highest BCUT2D eigenvalue weighted by molar-refractivity contribution is 5.76. The molecule has 2 heterocycles. The summed E-state index contributed by atoms with van der Waals surface area (Å²) in [6.45, 7) is 7.38. The number of aryl methyl sites for hydroxylation is 2. The van der Waals surface area contributed by atoms with Crippen LogP contribution in [0.1, 0.15) is 24.2 Å². The number of nitro benzene ring substituents is 1. The summed E-state index contributed by atoms with van der Waals surface area (Å²) in [6.07, 6.45) is 3.98. The first kappa shape index (κ1) is 17.3. The molecule has 1 saturated heterocycles. The number of rotatable bonds is 6. The van der Waals surface area contributed by atoms with Crippen molar-refractivity contribution in [3.05, 3.63) is 46.0 Å². The highest BCUT2D eigenvalue weighted by Gasteiger charge is 2.18. The van der Waals surface area contributed by atoms with E-state index in [-0.39, 0.29) is 5.69 Å². The van der Waals surface area contributed by atoms with Crippen LogP contribution in [0.2, 0.25) is 0 Å². The molecule has 0 radical (unpaired) electrons. The van der Waals surface area contributed by atoms with Crippen molar-refractivity contribution < 1.29 is 9.66 Å². The highest BCUT2D eigenvalue weighted by Crippen LogP contribution is 2.36. The Morgan fingerprint density at radius 2 is 1.88 bits per heavy atom. The van der Waals surface area contributed by atoms with Crippen LogP contribution in [0, 0.1) is 24.0 Å².